The van der Waals surface area contributed by atoms with Gasteiger partial charge in [0.25, 0.3) is 0 Å². The van der Waals surface area contributed by atoms with Gasteiger partial charge < -0.3 is 10.1 Å². The van der Waals surface area contributed by atoms with Gasteiger partial charge in [-0.05, 0) is 43.5 Å². The Bertz CT molecular complexity index is 695. The van der Waals surface area contributed by atoms with Gasteiger partial charge >= 0.3 is 0 Å². The molecule has 0 fully saturated rings. The van der Waals surface area contributed by atoms with Crippen molar-refractivity contribution in [2.75, 3.05) is 13.7 Å². The van der Waals surface area contributed by atoms with Crippen LogP contribution in [0.5, 0.6) is 0 Å². The molecule has 0 bridgehead atoms. The van der Waals surface area contributed by atoms with E-state index >= 15 is 0 Å². The first-order valence-corrected chi connectivity index (χ1v) is 8.34. The zero-order valence-corrected chi connectivity index (χ0v) is 15.4. The van der Waals surface area contributed by atoms with Crippen LogP contribution >= 0.6 is 11.6 Å². The summed E-state index contributed by atoms with van der Waals surface area (Å²) in [6.45, 7) is 4.43. The number of methoxy groups -OCH3 is 1. The zero-order chi connectivity index (χ0) is 17.7. The molecule has 2 rings (SSSR count). The number of carbonyl (C=O) groups excluding carboxylic acids is 1. The Hall–Kier alpha value is -1.85. The number of nitrogens with one attached hydrogen (secondary N) is 1. The molecule has 5 nitrogen and oxygen atoms in total. The molecule has 0 spiro atoms. The van der Waals surface area contributed by atoms with Gasteiger partial charge in [-0.1, -0.05) is 23.7 Å². The lowest BCUT2D eigenvalue weighted by Crippen LogP contribution is -2.29. The quantitative estimate of drug-likeness (QED) is 0.835. The molecule has 130 valence electrons. The maximum Gasteiger partial charge on any atom is 0.220 e. The zero-order valence-electron chi connectivity index (χ0n) is 14.6. The van der Waals surface area contributed by atoms with Gasteiger partial charge in [-0.3, -0.25) is 9.48 Å². The summed E-state index contributed by atoms with van der Waals surface area (Å²) in [5.41, 5.74) is 4.23. The van der Waals surface area contributed by atoms with Gasteiger partial charge in [0.05, 0.1) is 11.8 Å². The van der Waals surface area contributed by atoms with Gasteiger partial charge in [0.2, 0.25) is 5.91 Å². The van der Waals surface area contributed by atoms with Crippen molar-refractivity contribution in [2.24, 2.45) is 7.05 Å². The normalized spacial score (nSPS) is 12.2. The molecule has 0 radical (unpaired) electrons. The molecular formula is C18H24ClN3O2. The number of benzene rings is 1. The third-order valence-electron chi connectivity index (χ3n) is 4.27. The van der Waals surface area contributed by atoms with Crippen LogP contribution in [0.3, 0.4) is 0 Å². The Morgan fingerprint density at radius 3 is 2.54 bits per heavy atom. The number of hydrogen-bond acceptors (Lipinski definition) is 3. The predicted molar refractivity (Wildman–Crippen MR) is 95.2 cm³/mol. The summed E-state index contributed by atoms with van der Waals surface area (Å²) in [6, 6.07) is 7.45. The molecule has 1 aromatic heterocycles. The van der Waals surface area contributed by atoms with E-state index in [-0.39, 0.29) is 12.0 Å². The van der Waals surface area contributed by atoms with E-state index in [9.17, 15) is 4.79 Å². The minimum absolute atomic E-state index is 0.00802. The SMILES string of the molecule is CO[C@@H](CNC(=O)CCc1c(C)nn(C)c1C)c1ccc(Cl)cc1. The Morgan fingerprint density at radius 2 is 2.00 bits per heavy atom. The monoisotopic (exact) mass is 349 g/mol. The van der Waals surface area contributed by atoms with E-state index in [2.05, 4.69) is 10.4 Å². The number of nitrogens with zero attached hydrogens (tertiary/aromatic N) is 2. The molecule has 0 aliphatic rings. The van der Waals surface area contributed by atoms with Crippen molar-refractivity contribution >= 4 is 17.5 Å². The first kappa shape index (κ1) is 18.5. The van der Waals surface area contributed by atoms with Crippen molar-refractivity contribution in [1.29, 1.82) is 0 Å². The summed E-state index contributed by atoms with van der Waals surface area (Å²) >= 11 is 5.90. The Labute approximate surface area is 148 Å². The highest BCUT2D eigenvalue weighted by Gasteiger charge is 2.14. The highest BCUT2D eigenvalue weighted by molar-refractivity contribution is 6.30. The number of hydrogen-bond donors (Lipinski definition) is 1. The molecular weight excluding hydrogens is 326 g/mol. The molecule has 2 aromatic rings. The van der Waals surface area contributed by atoms with Crippen LogP contribution in [0.2, 0.25) is 5.02 Å². The van der Waals surface area contributed by atoms with Crippen LogP contribution in [0.1, 0.15) is 35.0 Å². The largest absolute Gasteiger partial charge is 0.375 e. The molecule has 0 saturated heterocycles. The van der Waals surface area contributed by atoms with Crippen molar-refractivity contribution in [3.63, 3.8) is 0 Å². The highest BCUT2D eigenvalue weighted by Crippen LogP contribution is 2.19. The molecule has 1 heterocycles. The molecule has 0 saturated carbocycles. The van der Waals surface area contributed by atoms with E-state index < -0.39 is 0 Å². The Balaban J connectivity index is 1.86. The number of carbonyl (C=O) groups is 1. The van der Waals surface area contributed by atoms with E-state index in [0.29, 0.717) is 24.4 Å². The van der Waals surface area contributed by atoms with Gasteiger partial charge in [0.1, 0.15) is 0 Å². The predicted octanol–water partition coefficient (Wildman–Crippen LogP) is 3.13. The average Bonchev–Trinajstić information content (AvgIpc) is 2.80. The molecule has 1 N–H and O–H groups in total. The summed E-state index contributed by atoms with van der Waals surface area (Å²) in [6.07, 6.45) is 0.938. The van der Waals surface area contributed by atoms with E-state index in [4.69, 9.17) is 16.3 Å². The molecule has 0 unspecified atom stereocenters. The van der Waals surface area contributed by atoms with E-state index in [0.717, 1.165) is 22.5 Å². The van der Waals surface area contributed by atoms with Crippen molar-refractivity contribution in [1.82, 2.24) is 15.1 Å². The third kappa shape index (κ3) is 4.58. The van der Waals surface area contributed by atoms with Crippen LogP contribution in [-0.2, 0) is 23.0 Å². The molecule has 0 aliphatic heterocycles. The van der Waals surface area contributed by atoms with Gasteiger partial charge in [-0.2, -0.15) is 5.10 Å². The lowest BCUT2D eigenvalue weighted by atomic mass is 10.1. The average molecular weight is 350 g/mol. The fourth-order valence-electron chi connectivity index (χ4n) is 2.73. The van der Waals surface area contributed by atoms with Gasteiger partial charge in [-0.25, -0.2) is 0 Å². The van der Waals surface area contributed by atoms with Crippen LogP contribution in [-0.4, -0.2) is 29.3 Å². The van der Waals surface area contributed by atoms with Crippen LogP contribution < -0.4 is 5.32 Å². The Kier molecular flexibility index (Phi) is 6.40. The standard InChI is InChI=1S/C18H24ClN3O2/c1-12-16(13(2)22(3)21-12)9-10-18(23)20-11-17(24-4)14-5-7-15(19)8-6-14/h5-8,17H,9-11H2,1-4H3,(H,20,23)/t17-/m0/s1. The Morgan fingerprint density at radius 1 is 1.33 bits per heavy atom. The first-order chi connectivity index (χ1) is 11.4. The van der Waals surface area contributed by atoms with Crippen molar-refractivity contribution in [2.45, 2.75) is 32.8 Å². The summed E-state index contributed by atoms with van der Waals surface area (Å²) in [5, 5.41) is 8.00. The van der Waals surface area contributed by atoms with E-state index in [1.165, 1.54) is 0 Å². The van der Waals surface area contributed by atoms with E-state index in [1.54, 1.807) is 7.11 Å². The number of rotatable bonds is 7. The fraction of sp³-hybridized carbons (Fsp3) is 0.444. The maximum absolute atomic E-state index is 12.1. The van der Waals surface area contributed by atoms with Crippen LogP contribution in [0.25, 0.3) is 0 Å². The van der Waals surface area contributed by atoms with Crippen LogP contribution in [0, 0.1) is 13.8 Å². The van der Waals surface area contributed by atoms with Gasteiger partial charge in [-0.15, -0.1) is 0 Å². The summed E-state index contributed by atoms with van der Waals surface area (Å²) in [5.74, 6) is 0.00802. The smallest absolute Gasteiger partial charge is 0.220 e. The number of halogens is 1. The van der Waals surface area contributed by atoms with Gasteiger partial charge in [0, 0.05) is 37.8 Å². The second-order valence-electron chi connectivity index (χ2n) is 5.85. The van der Waals surface area contributed by atoms with Crippen LogP contribution in [0.4, 0.5) is 0 Å². The second-order valence-corrected chi connectivity index (χ2v) is 6.29. The number of ether oxygens (including phenoxy) is 1. The number of aromatic nitrogens is 2. The fourth-order valence-corrected chi connectivity index (χ4v) is 2.85. The number of aryl methyl sites for hydroxylation is 2. The molecule has 1 amide bonds. The van der Waals surface area contributed by atoms with Crippen molar-refractivity contribution in [3.8, 4) is 0 Å². The maximum atomic E-state index is 12.1. The molecule has 24 heavy (non-hydrogen) atoms. The molecule has 1 aromatic carbocycles. The highest BCUT2D eigenvalue weighted by atomic mass is 35.5. The van der Waals surface area contributed by atoms with Crippen LogP contribution in [0.15, 0.2) is 24.3 Å². The lowest BCUT2D eigenvalue weighted by molar-refractivity contribution is -0.121. The third-order valence-corrected chi connectivity index (χ3v) is 4.52. The van der Waals surface area contributed by atoms with E-state index in [1.807, 2.05) is 49.8 Å². The summed E-state index contributed by atoms with van der Waals surface area (Å²) in [7, 11) is 3.55. The second kappa shape index (κ2) is 8.31. The van der Waals surface area contributed by atoms with Gasteiger partial charge in [0.15, 0.2) is 0 Å². The molecule has 0 aliphatic carbocycles. The number of amides is 1. The van der Waals surface area contributed by atoms with Crippen molar-refractivity contribution < 1.29 is 9.53 Å². The minimum Gasteiger partial charge on any atom is -0.375 e. The molecule has 1 atom stereocenters. The first-order valence-electron chi connectivity index (χ1n) is 7.96. The topological polar surface area (TPSA) is 56.1 Å². The minimum atomic E-state index is -0.187. The van der Waals surface area contributed by atoms with Crippen molar-refractivity contribution in [3.05, 3.63) is 51.8 Å². The summed E-state index contributed by atoms with van der Waals surface area (Å²) in [4.78, 5) is 12.1. The summed E-state index contributed by atoms with van der Waals surface area (Å²) < 4.78 is 7.31. The molecule has 6 heteroatoms. The lowest BCUT2D eigenvalue weighted by Gasteiger charge is -2.16.